The summed E-state index contributed by atoms with van der Waals surface area (Å²) in [6, 6.07) is 5.82. The molecule has 4 N–H and O–H groups in total. The molecule has 0 amide bonds. The standard InChI is InChI=1S/C16H18O11S/c1-7-4-12(17)26-10-5-8(2-3-9(7)10)25-16-15(20)14(19)13(18)11(27-16)6-24-28(21,22)23/h2-5,11,13-16,18-20H,6H2,1H3,(H,21,22,23)/t11-,13+,14+,15+,16+/m0/s1. The van der Waals surface area contributed by atoms with Gasteiger partial charge < -0.3 is 29.2 Å². The van der Waals surface area contributed by atoms with E-state index < -0.39 is 53.3 Å². The maximum Gasteiger partial charge on any atom is 0.397 e. The predicted molar refractivity (Wildman–Crippen MR) is 92.0 cm³/mol. The van der Waals surface area contributed by atoms with Gasteiger partial charge in [-0.15, -0.1) is 0 Å². The average molecular weight is 418 g/mol. The van der Waals surface area contributed by atoms with Crippen LogP contribution in [0.5, 0.6) is 5.75 Å². The van der Waals surface area contributed by atoms with Crippen molar-refractivity contribution in [3.8, 4) is 5.75 Å². The van der Waals surface area contributed by atoms with Crippen molar-refractivity contribution < 1.29 is 46.4 Å². The lowest BCUT2D eigenvalue weighted by molar-refractivity contribution is -0.276. The first-order chi connectivity index (χ1) is 13.0. The lowest BCUT2D eigenvalue weighted by Gasteiger charge is -2.39. The summed E-state index contributed by atoms with van der Waals surface area (Å²) in [4.78, 5) is 11.5. The number of rotatable bonds is 5. The van der Waals surface area contributed by atoms with Crippen LogP contribution in [0.25, 0.3) is 11.0 Å². The molecule has 0 bridgehead atoms. The third-order valence-electron chi connectivity index (χ3n) is 4.22. The van der Waals surface area contributed by atoms with Crippen molar-refractivity contribution in [3.05, 3.63) is 40.2 Å². The van der Waals surface area contributed by atoms with E-state index in [9.17, 15) is 28.5 Å². The molecule has 0 radical (unpaired) electrons. The van der Waals surface area contributed by atoms with E-state index in [4.69, 9.17) is 18.4 Å². The largest absolute Gasteiger partial charge is 0.462 e. The Kier molecular flexibility index (Phi) is 5.72. The average Bonchev–Trinajstić information content (AvgIpc) is 2.60. The smallest absolute Gasteiger partial charge is 0.397 e. The second-order valence-corrected chi connectivity index (χ2v) is 7.34. The van der Waals surface area contributed by atoms with E-state index in [-0.39, 0.29) is 11.3 Å². The molecule has 2 heterocycles. The molecule has 1 saturated heterocycles. The third kappa shape index (κ3) is 4.50. The molecule has 1 aliphatic rings. The summed E-state index contributed by atoms with van der Waals surface area (Å²) < 4.78 is 50.0. The van der Waals surface area contributed by atoms with E-state index in [0.717, 1.165) is 0 Å². The van der Waals surface area contributed by atoms with Crippen LogP contribution >= 0.6 is 0 Å². The molecule has 0 spiro atoms. The van der Waals surface area contributed by atoms with Crippen molar-refractivity contribution in [3.63, 3.8) is 0 Å². The van der Waals surface area contributed by atoms with Crippen molar-refractivity contribution in [2.75, 3.05) is 6.61 Å². The lowest BCUT2D eigenvalue weighted by atomic mass is 9.99. The zero-order valence-electron chi connectivity index (χ0n) is 14.5. The zero-order chi connectivity index (χ0) is 20.6. The Labute approximate surface area is 158 Å². The highest BCUT2D eigenvalue weighted by Gasteiger charge is 2.45. The Hall–Kier alpha value is -2.06. The van der Waals surface area contributed by atoms with Crippen LogP contribution in [0.2, 0.25) is 0 Å². The van der Waals surface area contributed by atoms with Gasteiger partial charge in [0.05, 0.1) is 6.61 Å². The number of aliphatic hydroxyl groups is 3. The first-order valence-electron chi connectivity index (χ1n) is 8.08. The fourth-order valence-electron chi connectivity index (χ4n) is 2.82. The van der Waals surface area contributed by atoms with E-state index in [2.05, 4.69) is 4.18 Å². The van der Waals surface area contributed by atoms with Gasteiger partial charge in [-0.3, -0.25) is 4.55 Å². The van der Waals surface area contributed by atoms with E-state index in [1.807, 2.05) is 0 Å². The minimum Gasteiger partial charge on any atom is -0.462 e. The summed E-state index contributed by atoms with van der Waals surface area (Å²) in [6.07, 6.45) is -8.06. The Bertz CT molecular complexity index is 1010. The fourth-order valence-corrected chi connectivity index (χ4v) is 3.12. The molecule has 1 aliphatic heterocycles. The molecule has 1 aromatic carbocycles. The van der Waals surface area contributed by atoms with Crippen LogP contribution in [0.4, 0.5) is 0 Å². The molecule has 28 heavy (non-hydrogen) atoms. The van der Waals surface area contributed by atoms with Crippen molar-refractivity contribution in [1.29, 1.82) is 0 Å². The van der Waals surface area contributed by atoms with Crippen LogP contribution < -0.4 is 10.4 Å². The first-order valence-corrected chi connectivity index (χ1v) is 9.44. The predicted octanol–water partition coefficient (Wildman–Crippen LogP) is -0.893. The van der Waals surface area contributed by atoms with Gasteiger partial charge in [0.15, 0.2) is 0 Å². The molecule has 5 atom stereocenters. The summed E-state index contributed by atoms with van der Waals surface area (Å²) >= 11 is 0. The highest BCUT2D eigenvalue weighted by Crippen LogP contribution is 2.27. The maximum absolute atomic E-state index is 11.5. The topological polar surface area (TPSA) is 173 Å². The van der Waals surface area contributed by atoms with Gasteiger partial charge in [-0.05, 0) is 24.6 Å². The molecule has 0 aliphatic carbocycles. The Balaban J connectivity index is 1.81. The van der Waals surface area contributed by atoms with Gasteiger partial charge >= 0.3 is 16.0 Å². The van der Waals surface area contributed by atoms with Gasteiger partial charge in [0.1, 0.15) is 35.7 Å². The molecule has 0 saturated carbocycles. The number of aryl methyl sites for hydroxylation is 1. The van der Waals surface area contributed by atoms with E-state index in [1.54, 1.807) is 13.0 Å². The summed E-state index contributed by atoms with van der Waals surface area (Å²) in [6.45, 7) is 0.904. The van der Waals surface area contributed by atoms with Gasteiger partial charge in [-0.25, -0.2) is 8.98 Å². The molecule has 12 heteroatoms. The molecule has 154 valence electrons. The van der Waals surface area contributed by atoms with Crippen LogP contribution in [0.1, 0.15) is 5.56 Å². The van der Waals surface area contributed by atoms with Crippen molar-refractivity contribution >= 4 is 21.4 Å². The van der Waals surface area contributed by atoms with Gasteiger partial charge in [0, 0.05) is 17.5 Å². The molecule has 1 fully saturated rings. The number of hydrogen-bond acceptors (Lipinski definition) is 10. The van der Waals surface area contributed by atoms with Crippen molar-refractivity contribution in [2.45, 2.75) is 37.6 Å². The number of aliphatic hydroxyl groups excluding tert-OH is 3. The van der Waals surface area contributed by atoms with Crippen LogP contribution in [-0.4, -0.2) is 65.6 Å². The molecule has 11 nitrogen and oxygen atoms in total. The van der Waals surface area contributed by atoms with E-state index >= 15 is 0 Å². The molecule has 0 unspecified atom stereocenters. The SMILES string of the molecule is Cc1cc(=O)oc2cc(O[C@@H]3O[C@@H](COS(=O)(=O)O)[C@@H](O)[C@@H](O)[C@H]3O)ccc12. The van der Waals surface area contributed by atoms with Crippen molar-refractivity contribution in [1.82, 2.24) is 0 Å². The van der Waals surface area contributed by atoms with Gasteiger partial charge in [0.2, 0.25) is 6.29 Å². The third-order valence-corrected chi connectivity index (χ3v) is 4.66. The highest BCUT2D eigenvalue weighted by atomic mass is 32.3. The minimum absolute atomic E-state index is 0.114. The molecule has 1 aromatic heterocycles. The highest BCUT2D eigenvalue weighted by molar-refractivity contribution is 7.80. The number of ether oxygens (including phenoxy) is 2. The second-order valence-electron chi connectivity index (χ2n) is 6.25. The fraction of sp³-hybridized carbons (Fsp3) is 0.438. The molecule has 2 aromatic rings. The monoisotopic (exact) mass is 418 g/mol. The summed E-state index contributed by atoms with van der Waals surface area (Å²) in [7, 11) is -4.80. The van der Waals surface area contributed by atoms with Crippen LogP contribution in [0, 0.1) is 6.92 Å². The van der Waals surface area contributed by atoms with E-state index in [0.29, 0.717) is 10.9 Å². The Morgan fingerprint density at radius 3 is 2.50 bits per heavy atom. The maximum atomic E-state index is 11.5. The van der Waals surface area contributed by atoms with Gasteiger partial charge in [-0.1, -0.05) is 0 Å². The summed E-state index contributed by atoms with van der Waals surface area (Å²) in [5.74, 6) is 0.114. The Morgan fingerprint density at radius 1 is 1.11 bits per heavy atom. The van der Waals surface area contributed by atoms with Gasteiger partial charge in [-0.2, -0.15) is 8.42 Å². The minimum atomic E-state index is -4.80. The second kappa shape index (κ2) is 7.75. The molecular formula is C16H18O11S. The normalized spacial score (nSPS) is 28.4. The summed E-state index contributed by atoms with van der Waals surface area (Å²) in [5, 5.41) is 30.6. The quantitative estimate of drug-likeness (QED) is 0.350. The van der Waals surface area contributed by atoms with Crippen molar-refractivity contribution in [2.24, 2.45) is 0 Å². The number of hydrogen-bond donors (Lipinski definition) is 4. The number of benzene rings is 1. The van der Waals surface area contributed by atoms with Crippen LogP contribution in [0.15, 0.2) is 33.5 Å². The van der Waals surface area contributed by atoms with Gasteiger partial charge in [0.25, 0.3) is 0 Å². The zero-order valence-corrected chi connectivity index (χ0v) is 15.3. The molecular weight excluding hydrogens is 400 g/mol. The van der Waals surface area contributed by atoms with Crippen LogP contribution in [0.3, 0.4) is 0 Å². The molecule has 3 rings (SSSR count). The first kappa shape index (κ1) is 20.7. The lowest BCUT2D eigenvalue weighted by Crippen LogP contribution is -2.60. The summed E-state index contributed by atoms with van der Waals surface area (Å²) in [5.41, 5.74) is 0.351. The van der Waals surface area contributed by atoms with Crippen LogP contribution in [-0.2, 0) is 19.3 Å². The Morgan fingerprint density at radius 2 is 1.82 bits per heavy atom. The van der Waals surface area contributed by atoms with E-state index in [1.165, 1.54) is 18.2 Å². The number of fused-ring (bicyclic) bond motifs is 1.